The second-order valence-electron chi connectivity index (χ2n) is 6.34. The molecule has 0 aliphatic carbocycles. The number of phenolic OH excluding ortho intramolecular Hbond substituents is 1. The first-order chi connectivity index (χ1) is 13.5. The molecule has 3 rings (SSSR count). The fourth-order valence-corrected chi connectivity index (χ4v) is 4.19. The van der Waals surface area contributed by atoms with Crippen LogP contribution in [0, 0.1) is 0 Å². The van der Waals surface area contributed by atoms with Crippen LogP contribution in [0.3, 0.4) is 0 Å². The van der Waals surface area contributed by atoms with Gasteiger partial charge in [0.2, 0.25) is 10.0 Å². The Hall–Kier alpha value is -2.42. The molecule has 1 aliphatic heterocycles. The topological polar surface area (TPSA) is 88.4 Å². The minimum absolute atomic E-state index is 0.0504. The summed E-state index contributed by atoms with van der Waals surface area (Å²) in [6.07, 6.45) is 2.38. The second-order valence-corrected chi connectivity index (χ2v) is 8.28. The highest BCUT2D eigenvalue weighted by Gasteiger charge is 2.26. The molecule has 0 spiro atoms. The maximum Gasteiger partial charge on any atom is 0.243 e. The lowest BCUT2D eigenvalue weighted by molar-refractivity contribution is 0.0730. The number of nitrogens with zero attached hydrogens (tertiary/aromatic N) is 2. The number of aromatic hydroxyl groups is 1. The van der Waals surface area contributed by atoms with E-state index in [1.54, 1.807) is 30.3 Å². The van der Waals surface area contributed by atoms with E-state index in [2.05, 4.69) is 4.99 Å². The molecule has 2 aromatic rings. The third-order valence-corrected chi connectivity index (χ3v) is 6.15. The molecule has 1 N–H and O–H groups in total. The maximum absolute atomic E-state index is 12.8. The SMILES string of the molecule is CCCOc1ccc(C=Nc2cccc(S(=O)(=O)N3CCOCC3)c2)c(O)c1. The lowest BCUT2D eigenvalue weighted by Crippen LogP contribution is -2.40. The van der Waals surface area contributed by atoms with E-state index in [0.717, 1.165) is 6.42 Å². The number of rotatable bonds is 7. The largest absolute Gasteiger partial charge is 0.507 e. The van der Waals surface area contributed by atoms with Crippen molar-refractivity contribution in [2.24, 2.45) is 4.99 Å². The summed E-state index contributed by atoms with van der Waals surface area (Å²) in [6.45, 7) is 4.07. The summed E-state index contributed by atoms with van der Waals surface area (Å²) in [5.74, 6) is 0.643. The van der Waals surface area contributed by atoms with E-state index >= 15 is 0 Å². The molecule has 1 aliphatic rings. The zero-order valence-corrected chi connectivity index (χ0v) is 16.6. The molecular weight excluding hydrogens is 380 g/mol. The van der Waals surface area contributed by atoms with Crippen LogP contribution in [-0.2, 0) is 14.8 Å². The molecule has 0 amide bonds. The van der Waals surface area contributed by atoms with Crippen molar-refractivity contribution in [2.75, 3.05) is 32.9 Å². The van der Waals surface area contributed by atoms with Gasteiger partial charge in [-0.05, 0) is 36.8 Å². The molecule has 1 fully saturated rings. The van der Waals surface area contributed by atoms with Gasteiger partial charge in [-0.1, -0.05) is 13.0 Å². The third-order valence-electron chi connectivity index (χ3n) is 4.25. The third kappa shape index (κ3) is 4.89. The molecule has 1 heterocycles. The van der Waals surface area contributed by atoms with Gasteiger partial charge in [-0.15, -0.1) is 0 Å². The average molecular weight is 404 g/mol. The van der Waals surface area contributed by atoms with Crippen molar-refractivity contribution in [1.29, 1.82) is 0 Å². The maximum atomic E-state index is 12.8. The molecule has 0 aromatic heterocycles. The van der Waals surface area contributed by atoms with Crippen LogP contribution in [0.4, 0.5) is 5.69 Å². The van der Waals surface area contributed by atoms with E-state index in [9.17, 15) is 13.5 Å². The van der Waals surface area contributed by atoms with E-state index in [1.165, 1.54) is 22.7 Å². The minimum Gasteiger partial charge on any atom is -0.507 e. The summed E-state index contributed by atoms with van der Waals surface area (Å²) in [6, 6.07) is 11.5. The van der Waals surface area contributed by atoms with Crippen molar-refractivity contribution in [3.8, 4) is 11.5 Å². The van der Waals surface area contributed by atoms with E-state index < -0.39 is 10.0 Å². The van der Waals surface area contributed by atoms with Crippen molar-refractivity contribution in [3.05, 3.63) is 48.0 Å². The predicted molar refractivity (Wildman–Crippen MR) is 107 cm³/mol. The van der Waals surface area contributed by atoms with Crippen LogP contribution in [0.2, 0.25) is 0 Å². The summed E-state index contributed by atoms with van der Waals surface area (Å²) >= 11 is 0. The Kier molecular flexibility index (Phi) is 6.66. The van der Waals surface area contributed by atoms with Gasteiger partial charge in [0.1, 0.15) is 11.5 Å². The zero-order chi connectivity index (χ0) is 20.0. The van der Waals surface area contributed by atoms with Crippen LogP contribution in [0.5, 0.6) is 11.5 Å². The number of aliphatic imine (C=N–C) groups is 1. The van der Waals surface area contributed by atoms with Gasteiger partial charge >= 0.3 is 0 Å². The van der Waals surface area contributed by atoms with Crippen LogP contribution < -0.4 is 4.74 Å². The Bertz CT molecular complexity index is 937. The van der Waals surface area contributed by atoms with Gasteiger partial charge in [0.25, 0.3) is 0 Å². The van der Waals surface area contributed by atoms with E-state index in [4.69, 9.17) is 9.47 Å². The summed E-state index contributed by atoms with van der Waals surface area (Å²) < 4.78 is 37.6. The smallest absolute Gasteiger partial charge is 0.243 e. The predicted octanol–water partition coefficient (Wildman–Crippen LogP) is 2.95. The summed E-state index contributed by atoms with van der Waals surface area (Å²) in [7, 11) is -3.58. The Labute approximate surface area is 165 Å². The number of phenols is 1. The van der Waals surface area contributed by atoms with Crippen LogP contribution in [-0.4, -0.2) is 57.0 Å². The Morgan fingerprint density at radius 2 is 2.00 bits per heavy atom. The summed E-state index contributed by atoms with van der Waals surface area (Å²) in [4.78, 5) is 4.51. The highest BCUT2D eigenvalue weighted by molar-refractivity contribution is 7.89. The van der Waals surface area contributed by atoms with Gasteiger partial charge in [-0.3, -0.25) is 4.99 Å². The molecule has 0 radical (unpaired) electrons. The molecule has 1 saturated heterocycles. The number of hydrogen-bond acceptors (Lipinski definition) is 6. The quantitative estimate of drug-likeness (QED) is 0.717. The standard InChI is InChI=1S/C20H24N2O5S/c1-2-10-27-18-7-6-16(20(23)14-18)15-21-17-4-3-5-19(13-17)28(24,25)22-8-11-26-12-9-22/h3-7,13-15,23H,2,8-12H2,1H3. The van der Waals surface area contributed by atoms with Crippen molar-refractivity contribution < 1.29 is 23.0 Å². The molecule has 0 bridgehead atoms. The van der Waals surface area contributed by atoms with E-state index in [0.29, 0.717) is 49.9 Å². The molecule has 150 valence electrons. The molecule has 7 nitrogen and oxygen atoms in total. The summed E-state index contributed by atoms with van der Waals surface area (Å²) in [5.41, 5.74) is 1.00. The molecular formula is C20H24N2O5S. The van der Waals surface area contributed by atoms with Gasteiger partial charge in [-0.25, -0.2) is 8.42 Å². The lowest BCUT2D eigenvalue weighted by atomic mass is 10.2. The number of ether oxygens (including phenoxy) is 2. The Morgan fingerprint density at radius 3 is 2.71 bits per heavy atom. The first-order valence-electron chi connectivity index (χ1n) is 9.18. The van der Waals surface area contributed by atoms with Crippen LogP contribution >= 0.6 is 0 Å². The second kappa shape index (κ2) is 9.18. The fraction of sp³-hybridized carbons (Fsp3) is 0.350. The van der Waals surface area contributed by atoms with E-state index in [1.807, 2.05) is 6.92 Å². The monoisotopic (exact) mass is 404 g/mol. The number of benzene rings is 2. The number of morpholine rings is 1. The van der Waals surface area contributed by atoms with Gasteiger partial charge in [-0.2, -0.15) is 4.31 Å². The lowest BCUT2D eigenvalue weighted by Gasteiger charge is -2.26. The minimum atomic E-state index is -3.58. The van der Waals surface area contributed by atoms with Crippen molar-refractivity contribution in [3.63, 3.8) is 0 Å². The fourth-order valence-electron chi connectivity index (χ4n) is 2.75. The van der Waals surface area contributed by atoms with Gasteiger partial charge in [0.05, 0.1) is 30.4 Å². The highest BCUT2D eigenvalue weighted by atomic mass is 32.2. The van der Waals surface area contributed by atoms with Crippen molar-refractivity contribution in [2.45, 2.75) is 18.2 Å². The Balaban J connectivity index is 1.77. The highest BCUT2D eigenvalue weighted by Crippen LogP contribution is 2.25. The number of sulfonamides is 1. The average Bonchev–Trinajstić information content (AvgIpc) is 2.72. The van der Waals surface area contributed by atoms with Crippen LogP contribution in [0.15, 0.2) is 52.4 Å². The summed E-state index contributed by atoms with van der Waals surface area (Å²) in [5, 5.41) is 10.1. The Morgan fingerprint density at radius 1 is 1.21 bits per heavy atom. The molecule has 2 aromatic carbocycles. The molecule has 8 heteroatoms. The molecule has 0 saturated carbocycles. The molecule has 28 heavy (non-hydrogen) atoms. The van der Waals surface area contributed by atoms with E-state index in [-0.39, 0.29) is 10.6 Å². The first-order valence-corrected chi connectivity index (χ1v) is 10.6. The molecule has 0 atom stereocenters. The van der Waals surface area contributed by atoms with Crippen LogP contribution in [0.25, 0.3) is 0 Å². The first kappa shape index (κ1) is 20.3. The van der Waals surface area contributed by atoms with Gasteiger partial charge in [0, 0.05) is 30.9 Å². The zero-order valence-electron chi connectivity index (χ0n) is 15.7. The number of hydrogen-bond donors (Lipinski definition) is 1. The normalized spacial score (nSPS) is 15.8. The van der Waals surface area contributed by atoms with Crippen molar-refractivity contribution >= 4 is 21.9 Å². The van der Waals surface area contributed by atoms with Crippen molar-refractivity contribution in [1.82, 2.24) is 4.31 Å². The van der Waals surface area contributed by atoms with Gasteiger partial charge in [0.15, 0.2) is 0 Å². The van der Waals surface area contributed by atoms with Crippen LogP contribution in [0.1, 0.15) is 18.9 Å². The van der Waals surface area contributed by atoms with Gasteiger partial charge < -0.3 is 14.6 Å². The molecule has 0 unspecified atom stereocenters.